The molecule has 1 saturated heterocycles. The van der Waals surface area contributed by atoms with Crippen LogP contribution in [0.2, 0.25) is 0 Å². The van der Waals surface area contributed by atoms with E-state index in [0.29, 0.717) is 6.08 Å². The number of cyclic esters (lactones) is 1. The van der Waals surface area contributed by atoms with E-state index in [9.17, 15) is 24.3 Å². The van der Waals surface area contributed by atoms with E-state index in [2.05, 4.69) is 4.74 Å². The number of ether oxygens (including phenoxy) is 1. The summed E-state index contributed by atoms with van der Waals surface area (Å²) in [6.07, 6.45) is 0.685. The third-order valence-corrected chi connectivity index (χ3v) is 1.56. The van der Waals surface area contributed by atoms with Crippen LogP contribution in [0.15, 0.2) is 11.8 Å². The quantitative estimate of drug-likeness (QED) is 0.203. The standard InChI is InChI=1S/C8H6O6.Na/c1-3(9)6(7(11)12)4(10)2-5-8(13)14-5;/h2,6H,1H3,(H,11,12);/q;+1/p-1. The molecule has 6 nitrogen and oxygen atoms in total. The van der Waals surface area contributed by atoms with E-state index in [1.165, 1.54) is 0 Å². The van der Waals surface area contributed by atoms with E-state index >= 15 is 0 Å². The first kappa shape index (κ1) is 14.0. The Balaban J connectivity index is 0.00000196. The Morgan fingerprint density at radius 3 is 2.13 bits per heavy atom. The van der Waals surface area contributed by atoms with Gasteiger partial charge >= 0.3 is 35.5 Å². The minimum absolute atomic E-state index is 0. The predicted molar refractivity (Wildman–Crippen MR) is 38.4 cm³/mol. The van der Waals surface area contributed by atoms with E-state index in [1.807, 2.05) is 0 Å². The molecule has 15 heavy (non-hydrogen) atoms. The van der Waals surface area contributed by atoms with Crippen molar-refractivity contribution >= 4 is 23.5 Å². The van der Waals surface area contributed by atoms with E-state index in [4.69, 9.17) is 0 Å². The van der Waals surface area contributed by atoms with Gasteiger partial charge in [-0.25, -0.2) is 4.79 Å². The number of aliphatic carboxylic acids is 1. The van der Waals surface area contributed by atoms with Crippen molar-refractivity contribution in [3.8, 4) is 0 Å². The number of hydrogen-bond donors (Lipinski definition) is 0. The van der Waals surface area contributed by atoms with Crippen molar-refractivity contribution < 1.29 is 58.6 Å². The number of allylic oxidation sites excluding steroid dienone is 1. The Hall–Kier alpha value is -0.980. The molecule has 7 heteroatoms. The number of carbonyl (C=O) groups is 4. The van der Waals surface area contributed by atoms with Crippen molar-refractivity contribution in [1.82, 2.24) is 0 Å². The fraction of sp³-hybridized carbons (Fsp3) is 0.250. The zero-order chi connectivity index (χ0) is 10.9. The zero-order valence-corrected chi connectivity index (χ0v) is 10.1. The fourth-order valence-electron chi connectivity index (χ4n) is 0.858. The third-order valence-electron chi connectivity index (χ3n) is 1.56. The molecule has 74 valence electrons. The molecule has 1 fully saturated rings. The second-order valence-corrected chi connectivity index (χ2v) is 2.66. The molecule has 1 heterocycles. The molecular weight excluding hydrogens is 215 g/mol. The van der Waals surface area contributed by atoms with Crippen molar-refractivity contribution in [3.63, 3.8) is 0 Å². The van der Waals surface area contributed by atoms with Gasteiger partial charge in [-0.2, -0.15) is 0 Å². The smallest absolute Gasteiger partial charge is 0.549 e. The van der Waals surface area contributed by atoms with Crippen LogP contribution in [0, 0.1) is 5.92 Å². The molecular formula is C8H5NaO6. The molecule has 0 amide bonds. The van der Waals surface area contributed by atoms with E-state index < -0.39 is 29.4 Å². The summed E-state index contributed by atoms with van der Waals surface area (Å²) in [6.45, 7) is 0.951. The average molecular weight is 220 g/mol. The van der Waals surface area contributed by atoms with Gasteiger partial charge in [-0.3, -0.25) is 9.59 Å². The van der Waals surface area contributed by atoms with Crippen LogP contribution in [0.5, 0.6) is 0 Å². The number of carboxylic acid groups (broad SMARTS) is 1. The maximum atomic E-state index is 11.1. The van der Waals surface area contributed by atoms with Gasteiger partial charge in [0.1, 0.15) is 11.7 Å². The van der Waals surface area contributed by atoms with Crippen molar-refractivity contribution in [2.75, 3.05) is 0 Å². The predicted octanol–water partition coefficient (Wildman–Crippen LogP) is -5.04. The van der Waals surface area contributed by atoms with Gasteiger partial charge in [-0.05, 0) is 6.92 Å². The second-order valence-electron chi connectivity index (χ2n) is 2.66. The van der Waals surface area contributed by atoms with Crippen LogP contribution in [0.25, 0.3) is 0 Å². The second kappa shape index (κ2) is 5.20. The molecule has 0 bridgehead atoms. The SMILES string of the molecule is CC(=O)C(C(=O)[O-])C(=O)C=C1OC1=O.[Na+]. The van der Waals surface area contributed by atoms with Crippen LogP contribution in [-0.4, -0.2) is 23.5 Å². The van der Waals surface area contributed by atoms with Crippen LogP contribution >= 0.6 is 0 Å². The fourth-order valence-corrected chi connectivity index (χ4v) is 0.858. The van der Waals surface area contributed by atoms with Crippen molar-refractivity contribution in [2.24, 2.45) is 5.92 Å². The number of carboxylic acids is 1. The number of epoxide rings is 1. The molecule has 1 rings (SSSR count). The maximum Gasteiger partial charge on any atom is 1.00 e. The largest absolute Gasteiger partial charge is 1.00 e. The van der Waals surface area contributed by atoms with Crippen LogP contribution in [0.3, 0.4) is 0 Å². The van der Waals surface area contributed by atoms with Gasteiger partial charge in [-0.15, -0.1) is 0 Å². The summed E-state index contributed by atoms with van der Waals surface area (Å²) in [5, 5.41) is 10.4. The first-order valence-corrected chi connectivity index (χ1v) is 3.62. The normalized spacial score (nSPS) is 17.4. The van der Waals surface area contributed by atoms with Gasteiger partial charge in [0.2, 0.25) is 5.76 Å². The zero-order valence-electron chi connectivity index (χ0n) is 8.10. The van der Waals surface area contributed by atoms with Crippen molar-refractivity contribution in [2.45, 2.75) is 6.92 Å². The molecule has 1 aliphatic heterocycles. The summed E-state index contributed by atoms with van der Waals surface area (Å²) < 4.78 is 4.17. The minimum atomic E-state index is -1.86. The summed E-state index contributed by atoms with van der Waals surface area (Å²) in [5.41, 5.74) is 0. The number of hydrogen-bond acceptors (Lipinski definition) is 6. The molecule has 1 unspecified atom stereocenters. The molecule has 0 aromatic rings. The first-order valence-electron chi connectivity index (χ1n) is 3.62. The van der Waals surface area contributed by atoms with Gasteiger partial charge in [-0.1, -0.05) is 0 Å². The Morgan fingerprint density at radius 1 is 1.40 bits per heavy atom. The van der Waals surface area contributed by atoms with Gasteiger partial charge in [0.25, 0.3) is 0 Å². The van der Waals surface area contributed by atoms with Gasteiger partial charge in [0.05, 0.1) is 5.97 Å². The van der Waals surface area contributed by atoms with Crippen LogP contribution in [0.4, 0.5) is 0 Å². The summed E-state index contributed by atoms with van der Waals surface area (Å²) in [6, 6.07) is 0. The molecule has 0 aliphatic carbocycles. The third kappa shape index (κ3) is 3.58. The Bertz CT molecular complexity index is 355. The van der Waals surface area contributed by atoms with E-state index in [1.54, 1.807) is 0 Å². The Kier molecular flexibility index (Phi) is 4.86. The summed E-state index contributed by atoms with van der Waals surface area (Å²) in [7, 11) is 0. The number of ketones is 2. The monoisotopic (exact) mass is 220 g/mol. The number of Topliss-reactive ketones (excluding diaryl/α,β-unsaturated/α-hetero) is 1. The van der Waals surface area contributed by atoms with Crippen LogP contribution in [0.1, 0.15) is 6.92 Å². The van der Waals surface area contributed by atoms with Gasteiger partial charge in [0, 0.05) is 6.08 Å². The van der Waals surface area contributed by atoms with Crippen molar-refractivity contribution in [1.29, 1.82) is 0 Å². The topological polar surface area (TPSA) is 104 Å². The molecule has 0 aromatic heterocycles. The van der Waals surface area contributed by atoms with E-state index in [0.717, 1.165) is 6.92 Å². The molecule has 0 saturated carbocycles. The maximum absolute atomic E-state index is 11.1. The number of carbonyl (C=O) groups excluding carboxylic acids is 4. The molecule has 0 N–H and O–H groups in total. The van der Waals surface area contributed by atoms with Gasteiger partial charge < -0.3 is 14.6 Å². The van der Waals surface area contributed by atoms with Crippen molar-refractivity contribution in [3.05, 3.63) is 11.8 Å². The Morgan fingerprint density at radius 2 is 1.87 bits per heavy atom. The number of rotatable bonds is 4. The molecule has 0 aromatic carbocycles. The van der Waals surface area contributed by atoms with E-state index in [-0.39, 0.29) is 35.3 Å². The minimum Gasteiger partial charge on any atom is -0.549 e. The van der Waals surface area contributed by atoms with Gasteiger partial charge in [0.15, 0.2) is 5.78 Å². The van der Waals surface area contributed by atoms with Crippen LogP contribution < -0.4 is 34.7 Å². The Labute approximate surface area is 107 Å². The molecule has 0 spiro atoms. The molecule has 1 atom stereocenters. The summed E-state index contributed by atoms with van der Waals surface area (Å²) in [5.74, 6) is -6.44. The molecule has 1 aliphatic rings. The average Bonchev–Trinajstić information content (AvgIpc) is 2.63. The summed E-state index contributed by atoms with van der Waals surface area (Å²) in [4.78, 5) is 42.4. The first-order chi connectivity index (χ1) is 6.43. The summed E-state index contributed by atoms with van der Waals surface area (Å²) >= 11 is 0. The molecule has 0 radical (unpaired) electrons. The van der Waals surface area contributed by atoms with Crippen LogP contribution in [-0.2, 0) is 23.9 Å².